The van der Waals surface area contributed by atoms with Crippen LogP contribution < -0.4 is 5.73 Å². The second-order valence-corrected chi connectivity index (χ2v) is 11.5. The molecule has 4 unspecified atom stereocenters. The molecule has 6 N–H and O–H groups in total. The topological polar surface area (TPSA) is 204 Å². The first-order valence-corrected chi connectivity index (χ1v) is 13.7. The monoisotopic (exact) mass is 483 g/mol. The maximum absolute atomic E-state index is 11.9. The third-order valence-electron chi connectivity index (χ3n) is 4.62. The van der Waals surface area contributed by atoms with Gasteiger partial charge in [0.05, 0.1) is 25.4 Å². The van der Waals surface area contributed by atoms with Gasteiger partial charge in [0, 0.05) is 13.0 Å². The molecule has 0 amide bonds. The Morgan fingerprint density at radius 2 is 1.52 bits per heavy atom. The largest absolute Gasteiger partial charge is 0.490 e. The summed E-state index contributed by atoms with van der Waals surface area (Å²) in [6, 6.07) is 0. The zero-order valence-corrected chi connectivity index (χ0v) is 18.3. The van der Waals surface area contributed by atoms with Gasteiger partial charge in [-0.15, -0.1) is 0 Å². The maximum atomic E-state index is 11.9. The van der Waals surface area contributed by atoms with E-state index in [9.17, 15) is 33.5 Å². The minimum Gasteiger partial charge on any atom is -0.390 e. The van der Waals surface area contributed by atoms with E-state index in [1.165, 1.54) is 0 Å². The molecule has 0 aromatic rings. The van der Waals surface area contributed by atoms with Crippen LogP contribution in [0.5, 0.6) is 0 Å². The molecule has 1 saturated carbocycles. The number of ether oxygens (including phenoxy) is 1. The summed E-state index contributed by atoms with van der Waals surface area (Å²) in [5.41, 5.74) is 5.06. The van der Waals surface area contributed by atoms with Crippen molar-refractivity contribution < 1.29 is 55.9 Å². The Bertz CT molecular complexity index is 671. The van der Waals surface area contributed by atoms with Crippen molar-refractivity contribution in [3.8, 4) is 0 Å². The first-order chi connectivity index (χ1) is 13.4. The number of rotatable bonds is 11. The number of nitrogens with two attached hydrogens (primary N) is 1. The van der Waals surface area contributed by atoms with Gasteiger partial charge in [0.1, 0.15) is 6.10 Å². The second kappa shape index (κ2) is 10.7. The lowest BCUT2D eigenvalue weighted by atomic mass is 9.84. The summed E-state index contributed by atoms with van der Waals surface area (Å²) < 4.78 is 57.5. The van der Waals surface area contributed by atoms with Gasteiger partial charge in [-0.2, -0.15) is 8.62 Å². The standard InChI is InChI=1S/C13H28NO12P3/c14-6-7-22-27(16,17)25-29(20,21)26-28(18,19)23-9-13-11(15)8-12(24-13)10-4-2-1-3-5-10/h10-13,15H,1-9,14H2,(H,16,17)(H,18,19)(H,20,21)/t11?,12-,13-/m1/s1. The molecule has 1 aliphatic heterocycles. The molecule has 29 heavy (non-hydrogen) atoms. The lowest BCUT2D eigenvalue weighted by Crippen LogP contribution is -2.27. The predicted octanol–water partition coefficient (Wildman–Crippen LogP) is 1.41. The lowest BCUT2D eigenvalue weighted by molar-refractivity contribution is -0.0419. The SMILES string of the molecule is NCCOP(=O)(O)OP(=O)(O)OP(=O)(O)OC[C@H]1O[C@@H](C2CCCCC2)CC1O. The summed E-state index contributed by atoms with van der Waals surface area (Å²) in [4.78, 5) is 28.3. The number of aliphatic hydroxyl groups excluding tert-OH is 1. The first kappa shape index (κ1) is 25.5. The molecule has 0 radical (unpaired) electrons. The minimum atomic E-state index is -5.51. The molecule has 16 heteroatoms. The summed E-state index contributed by atoms with van der Waals surface area (Å²) in [5, 5.41) is 10.1. The number of phosphoric acid groups is 3. The zero-order chi connectivity index (χ0) is 21.7. The summed E-state index contributed by atoms with van der Waals surface area (Å²) >= 11 is 0. The molecule has 0 aromatic carbocycles. The van der Waals surface area contributed by atoms with E-state index in [-0.39, 0.29) is 12.6 Å². The molecule has 0 spiro atoms. The number of hydrogen-bond donors (Lipinski definition) is 5. The summed E-state index contributed by atoms with van der Waals surface area (Å²) in [5.74, 6) is 0.291. The molecule has 0 bridgehead atoms. The normalized spacial score (nSPS) is 32.4. The molecule has 2 fully saturated rings. The summed E-state index contributed by atoms with van der Waals surface area (Å²) in [6.45, 7) is -1.25. The van der Waals surface area contributed by atoms with E-state index >= 15 is 0 Å². The van der Waals surface area contributed by atoms with Gasteiger partial charge in [0.25, 0.3) is 0 Å². The fraction of sp³-hybridized carbons (Fsp3) is 1.00. The van der Waals surface area contributed by atoms with Crippen LogP contribution in [0, 0.1) is 5.92 Å². The molecule has 2 rings (SSSR count). The van der Waals surface area contributed by atoms with E-state index < -0.39 is 48.9 Å². The van der Waals surface area contributed by atoms with E-state index in [0.29, 0.717) is 12.3 Å². The van der Waals surface area contributed by atoms with E-state index in [2.05, 4.69) is 17.7 Å². The zero-order valence-electron chi connectivity index (χ0n) is 15.6. The second-order valence-electron chi connectivity index (χ2n) is 6.90. The first-order valence-electron chi connectivity index (χ1n) is 9.17. The Labute approximate surface area is 168 Å². The van der Waals surface area contributed by atoms with Crippen molar-refractivity contribution in [2.24, 2.45) is 11.7 Å². The van der Waals surface area contributed by atoms with Crippen LogP contribution in [0.15, 0.2) is 0 Å². The molecule has 2 aliphatic rings. The van der Waals surface area contributed by atoms with Crippen LogP contribution in [0.25, 0.3) is 0 Å². The van der Waals surface area contributed by atoms with E-state index in [4.69, 9.17) is 10.5 Å². The van der Waals surface area contributed by atoms with Crippen LogP contribution >= 0.6 is 23.5 Å². The molecule has 1 heterocycles. The third kappa shape index (κ3) is 8.74. The highest BCUT2D eigenvalue weighted by atomic mass is 31.3. The maximum Gasteiger partial charge on any atom is 0.490 e. The highest BCUT2D eigenvalue weighted by Crippen LogP contribution is 2.67. The van der Waals surface area contributed by atoms with Gasteiger partial charge in [-0.3, -0.25) is 9.05 Å². The van der Waals surface area contributed by atoms with Crippen molar-refractivity contribution in [3.05, 3.63) is 0 Å². The van der Waals surface area contributed by atoms with Crippen molar-refractivity contribution in [1.29, 1.82) is 0 Å². The number of hydrogen-bond acceptors (Lipinski definition) is 10. The molecular formula is C13H28NO12P3. The quantitative estimate of drug-likeness (QED) is 0.264. The van der Waals surface area contributed by atoms with Crippen LogP contribution in [0.2, 0.25) is 0 Å². The van der Waals surface area contributed by atoms with Crippen LogP contribution in [0.4, 0.5) is 0 Å². The predicted molar refractivity (Wildman–Crippen MR) is 98.5 cm³/mol. The third-order valence-corrected chi connectivity index (χ3v) is 8.90. The van der Waals surface area contributed by atoms with Gasteiger partial charge < -0.3 is 30.3 Å². The molecule has 1 saturated heterocycles. The van der Waals surface area contributed by atoms with Crippen molar-refractivity contribution in [2.45, 2.75) is 56.8 Å². The van der Waals surface area contributed by atoms with Crippen LogP contribution in [-0.4, -0.2) is 57.9 Å². The highest BCUT2D eigenvalue weighted by molar-refractivity contribution is 7.66. The summed E-state index contributed by atoms with van der Waals surface area (Å²) in [6.07, 6.45) is 3.55. The average molecular weight is 483 g/mol. The van der Waals surface area contributed by atoms with Crippen LogP contribution in [0.1, 0.15) is 38.5 Å². The van der Waals surface area contributed by atoms with E-state index in [1.807, 2.05) is 0 Å². The van der Waals surface area contributed by atoms with Crippen molar-refractivity contribution in [1.82, 2.24) is 0 Å². The lowest BCUT2D eigenvalue weighted by Gasteiger charge is -2.27. The fourth-order valence-electron chi connectivity index (χ4n) is 3.38. The Morgan fingerprint density at radius 3 is 2.10 bits per heavy atom. The molecule has 172 valence electrons. The molecule has 6 atom stereocenters. The smallest absolute Gasteiger partial charge is 0.390 e. The molecule has 1 aliphatic carbocycles. The fourth-order valence-corrected chi connectivity index (χ4v) is 6.90. The number of phosphoric ester groups is 2. The van der Waals surface area contributed by atoms with Gasteiger partial charge in [-0.25, -0.2) is 13.7 Å². The Hall–Kier alpha value is 0.290. The van der Waals surface area contributed by atoms with Crippen LogP contribution in [-0.2, 0) is 36.1 Å². The molecular weight excluding hydrogens is 455 g/mol. The Morgan fingerprint density at radius 1 is 0.931 bits per heavy atom. The van der Waals surface area contributed by atoms with Gasteiger partial charge in [-0.1, -0.05) is 19.3 Å². The minimum absolute atomic E-state index is 0.183. The Balaban J connectivity index is 1.84. The van der Waals surface area contributed by atoms with Gasteiger partial charge in [-0.05, 0) is 18.8 Å². The van der Waals surface area contributed by atoms with E-state index in [0.717, 1.165) is 32.1 Å². The van der Waals surface area contributed by atoms with E-state index in [1.54, 1.807) is 0 Å². The average Bonchev–Trinajstić information content (AvgIpc) is 2.98. The number of aliphatic hydroxyl groups is 1. The van der Waals surface area contributed by atoms with Gasteiger partial charge >= 0.3 is 23.5 Å². The highest BCUT2D eigenvalue weighted by Gasteiger charge is 2.44. The summed E-state index contributed by atoms with van der Waals surface area (Å²) in [7, 11) is -15.8. The molecule has 13 nitrogen and oxygen atoms in total. The van der Waals surface area contributed by atoms with Gasteiger partial charge in [0.2, 0.25) is 0 Å². The van der Waals surface area contributed by atoms with Crippen molar-refractivity contribution in [3.63, 3.8) is 0 Å². The van der Waals surface area contributed by atoms with Crippen LogP contribution in [0.3, 0.4) is 0 Å². The van der Waals surface area contributed by atoms with Gasteiger partial charge in [0.15, 0.2) is 0 Å². The Kier molecular flexibility index (Phi) is 9.46. The molecule has 0 aromatic heterocycles. The van der Waals surface area contributed by atoms with Crippen molar-refractivity contribution in [2.75, 3.05) is 19.8 Å². The van der Waals surface area contributed by atoms with Crippen molar-refractivity contribution >= 4 is 23.5 Å².